The van der Waals surface area contributed by atoms with Crippen molar-refractivity contribution < 1.29 is 13.2 Å². The van der Waals surface area contributed by atoms with E-state index in [4.69, 9.17) is 23.2 Å². The molecule has 9 heteroatoms. The summed E-state index contributed by atoms with van der Waals surface area (Å²) in [6.45, 7) is 2.83. The number of hydrogen-bond acceptors (Lipinski definition) is 4. The minimum absolute atomic E-state index is 0.0281. The molecule has 3 rings (SSSR count). The summed E-state index contributed by atoms with van der Waals surface area (Å²) in [5.74, 6) is 0.750. The number of carbonyl (C=O) groups is 1. The highest BCUT2D eigenvalue weighted by molar-refractivity contribution is 7.89. The summed E-state index contributed by atoms with van der Waals surface area (Å²) in [5, 5.41) is 0.268. The Morgan fingerprint density at radius 3 is 2.46 bits per heavy atom. The zero-order valence-electron chi connectivity index (χ0n) is 14.7. The first-order valence-electron chi connectivity index (χ1n) is 8.69. The number of carbonyl (C=O) groups excluding carboxylic acids is 1. The van der Waals surface area contributed by atoms with Crippen LogP contribution in [0.1, 0.15) is 12.8 Å². The van der Waals surface area contributed by atoms with Crippen LogP contribution < -0.4 is 0 Å². The van der Waals surface area contributed by atoms with E-state index >= 15 is 0 Å². The molecule has 2 aliphatic rings. The van der Waals surface area contributed by atoms with E-state index in [9.17, 15) is 13.2 Å². The Hall–Kier alpha value is -0.860. The maximum absolute atomic E-state index is 12.8. The Balaban J connectivity index is 1.57. The molecule has 144 valence electrons. The van der Waals surface area contributed by atoms with Crippen LogP contribution in [0.15, 0.2) is 23.1 Å². The zero-order valence-corrected chi connectivity index (χ0v) is 17.0. The van der Waals surface area contributed by atoms with Gasteiger partial charge in [-0.3, -0.25) is 9.69 Å². The van der Waals surface area contributed by atoms with Gasteiger partial charge in [-0.1, -0.05) is 29.3 Å². The van der Waals surface area contributed by atoms with Crippen molar-refractivity contribution in [1.29, 1.82) is 0 Å². The third-order valence-corrected chi connectivity index (χ3v) is 7.75. The van der Waals surface area contributed by atoms with Gasteiger partial charge in [-0.05, 0) is 30.9 Å². The molecule has 0 atom stereocenters. The highest BCUT2D eigenvalue weighted by atomic mass is 35.5. The minimum Gasteiger partial charge on any atom is -0.344 e. The lowest BCUT2D eigenvalue weighted by Crippen LogP contribution is -2.51. The van der Waals surface area contributed by atoms with Gasteiger partial charge in [0, 0.05) is 39.8 Å². The van der Waals surface area contributed by atoms with Crippen LogP contribution in [-0.2, 0) is 14.8 Å². The van der Waals surface area contributed by atoms with Crippen molar-refractivity contribution in [1.82, 2.24) is 14.1 Å². The lowest BCUT2D eigenvalue weighted by atomic mass is 10.3. The molecule has 1 aliphatic carbocycles. The summed E-state index contributed by atoms with van der Waals surface area (Å²) in [6, 6.07) is 4.60. The number of piperazine rings is 1. The van der Waals surface area contributed by atoms with Crippen molar-refractivity contribution in [2.24, 2.45) is 5.92 Å². The van der Waals surface area contributed by atoms with Crippen molar-refractivity contribution in [3.8, 4) is 0 Å². The second kappa shape index (κ2) is 8.02. The normalized spacial score (nSPS) is 19.5. The number of benzene rings is 1. The van der Waals surface area contributed by atoms with E-state index in [1.54, 1.807) is 17.0 Å². The first kappa shape index (κ1) is 19.9. The second-order valence-electron chi connectivity index (χ2n) is 6.95. The van der Waals surface area contributed by atoms with Gasteiger partial charge in [-0.25, -0.2) is 8.42 Å². The average Bonchev–Trinajstić information content (AvgIpc) is 3.41. The van der Waals surface area contributed by atoms with Crippen LogP contribution >= 0.6 is 23.2 Å². The predicted molar refractivity (Wildman–Crippen MR) is 102 cm³/mol. The van der Waals surface area contributed by atoms with Crippen molar-refractivity contribution in [3.63, 3.8) is 0 Å². The van der Waals surface area contributed by atoms with Crippen LogP contribution in [0.5, 0.6) is 0 Å². The van der Waals surface area contributed by atoms with E-state index in [1.165, 1.54) is 23.2 Å². The van der Waals surface area contributed by atoms with E-state index in [0.717, 1.165) is 6.54 Å². The first-order chi connectivity index (χ1) is 12.3. The van der Waals surface area contributed by atoms with E-state index in [1.807, 2.05) is 11.9 Å². The van der Waals surface area contributed by atoms with Gasteiger partial charge in [-0.2, -0.15) is 4.31 Å². The van der Waals surface area contributed by atoms with E-state index in [2.05, 4.69) is 0 Å². The molecule has 1 aliphatic heterocycles. The smallest absolute Gasteiger partial charge is 0.244 e. The molecule has 26 heavy (non-hydrogen) atoms. The molecule has 1 aromatic rings. The van der Waals surface area contributed by atoms with Crippen LogP contribution in [-0.4, -0.2) is 74.7 Å². The number of nitrogens with zero attached hydrogens (tertiary/aromatic N) is 3. The molecule has 0 radical (unpaired) electrons. The fraction of sp³-hybridized carbons (Fsp3) is 0.588. The maximum atomic E-state index is 12.8. The Morgan fingerprint density at radius 2 is 1.85 bits per heavy atom. The monoisotopic (exact) mass is 419 g/mol. The molecule has 0 bridgehead atoms. The average molecular weight is 420 g/mol. The molecule has 1 amide bonds. The van der Waals surface area contributed by atoms with Gasteiger partial charge in [0.25, 0.3) is 0 Å². The molecule has 1 saturated carbocycles. The van der Waals surface area contributed by atoms with Crippen LogP contribution in [0.3, 0.4) is 0 Å². The fourth-order valence-corrected chi connectivity index (χ4v) is 5.21. The molecule has 6 nitrogen and oxygen atoms in total. The Labute approximate surface area is 164 Å². The summed E-state index contributed by atoms with van der Waals surface area (Å²) in [7, 11) is -1.86. The summed E-state index contributed by atoms with van der Waals surface area (Å²) in [4.78, 5) is 16.1. The van der Waals surface area contributed by atoms with Crippen molar-refractivity contribution in [2.75, 3.05) is 46.3 Å². The number of amides is 1. The largest absolute Gasteiger partial charge is 0.344 e. The molecule has 1 saturated heterocycles. The summed E-state index contributed by atoms with van der Waals surface area (Å²) >= 11 is 12.0. The van der Waals surface area contributed by atoms with Crippen molar-refractivity contribution >= 4 is 39.1 Å². The summed E-state index contributed by atoms with van der Waals surface area (Å²) < 4.78 is 27.0. The highest BCUT2D eigenvalue weighted by Gasteiger charge is 2.32. The molecule has 0 N–H and O–H groups in total. The molecular formula is C17H23Cl2N3O3S. The predicted octanol–water partition coefficient (Wildman–Crippen LogP) is 2.17. The van der Waals surface area contributed by atoms with Crippen molar-refractivity contribution in [2.45, 2.75) is 17.7 Å². The standard InChI is InChI=1S/C17H23Cl2N3O3S/c1-20(11-13-5-6-13)16(23)12-21-7-9-22(10-8-21)26(24,25)15-4-2-3-14(18)17(15)19/h2-4,13H,5-12H2,1H3. The fourth-order valence-electron chi connectivity index (χ4n) is 3.05. The lowest BCUT2D eigenvalue weighted by molar-refractivity contribution is -0.131. The summed E-state index contributed by atoms with van der Waals surface area (Å²) in [6.07, 6.45) is 2.42. The maximum Gasteiger partial charge on any atom is 0.244 e. The quantitative estimate of drug-likeness (QED) is 0.708. The first-order valence-corrected chi connectivity index (χ1v) is 10.9. The molecule has 0 aromatic heterocycles. The van der Waals surface area contributed by atoms with Gasteiger partial charge in [-0.15, -0.1) is 0 Å². The van der Waals surface area contributed by atoms with Crippen LogP contribution in [0.25, 0.3) is 0 Å². The van der Waals surface area contributed by atoms with Gasteiger partial charge in [0.2, 0.25) is 15.9 Å². The topological polar surface area (TPSA) is 60.9 Å². The SMILES string of the molecule is CN(CC1CC1)C(=O)CN1CCN(S(=O)(=O)c2cccc(Cl)c2Cl)CC1. The minimum atomic E-state index is -3.70. The van der Waals surface area contributed by atoms with Gasteiger partial charge in [0.15, 0.2) is 0 Å². The molecule has 1 heterocycles. The highest BCUT2D eigenvalue weighted by Crippen LogP contribution is 2.31. The molecule has 2 fully saturated rings. The number of rotatable bonds is 6. The van der Waals surface area contributed by atoms with E-state index in [0.29, 0.717) is 38.6 Å². The molecular weight excluding hydrogens is 397 g/mol. The van der Waals surface area contributed by atoms with Gasteiger partial charge in [0.1, 0.15) is 4.90 Å². The Morgan fingerprint density at radius 1 is 1.19 bits per heavy atom. The van der Waals surface area contributed by atoms with E-state index < -0.39 is 10.0 Å². The second-order valence-corrected chi connectivity index (χ2v) is 9.64. The Bertz CT molecular complexity index is 775. The van der Waals surface area contributed by atoms with Gasteiger partial charge in [0.05, 0.1) is 16.6 Å². The van der Waals surface area contributed by atoms with Crippen LogP contribution in [0, 0.1) is 5.92 Å². The lowest BCUT2D eigenvalue weighted by Gasteiger charge is -2.34. The van der Waals surface area contributed by atoms with Gasteiger partial charge < -0.3 is 4.90 Å². The van der Waals surface area contributed by atoms with Crippen LogP contribution in [0.2, 0.25) is 10.0 Å². The number of halogens is 2. The number of hydrogen-bond donors (Lipinski definition) is 0. The number of likely N-dealkylation sites (N-methyl/N-ethyl adjacent to an activating group) is 1. The summed E-state index contributed by atoms with van der Waals surface area (Å²) in [5.41, 5.74) is 0. The van der Waals surface area contributed by atoms with Gasteiger partial charge >= 0.3 is 0 Å². The number of sulfonamides is 1. The van der Waals surface area contributed by atoms with E-state index in [-0.39, 0.29) is 20.8 Å². The Kier molecular flexibility index (Phi) is 6.14. The molecule has 0 spiro atoms. The molecule has 0 unspecified atom stereocenters. The third-order valence-electron chi connectivity index (χ3n) is 4.88. The molecule has 1 aromatic carbocycles. The zero-order chi connectivity index (χ0) is 18.9. The van der Waals surface area contributed by atoms with Crippen LogP contribution in [0.4, 0.5) is 0 Å². The van der Waals surface area contributed by atoms with Crippen molar-refractivity contribution in [3.05, 3.63) is 28.2 Å². The third kappa shape index (κ3) is 4.51.